The fraction of sp³-hybridized carbons (Fsp3) is 0.316. The third-order valence-electron chi connectivity index (χ3n) is 4.94. The van der Waals surface area contributed by atoms with Crippen LogP contribution in [0.25, 0.3) is 21.9 Å². The third-order valence-corrected chi connectivity index (χ3v) is 4.94. The van der Waals surface area contributed by atoms with Crippen LogP contribution in [0.4, 0.5) is 4.39 Å². The Morgan fingerprint density at radius 2 is 2.04 bits per heavy atom. The second kappa shape index (κ2) is 6.17. The van der Waals surface area contributed by atoms with E-state index in [9.17, 15) is 4.39 Å². The maximum Gasteiger partial charge on any atom is 0.124 e. The van der Waals surface area contributed by atoms with Crippen molar-refractivity contribution in [2.45, 2.75) is 25.3 Å². The first-order valence-corrected chi connectivity index (χ1v) is 8.71. The van der Waals surface area contributed by atoms with Crippen LogP contribution in [-0.4, -0.2) is 32.9 Å². The lowest BCUT2D eigenvalue weighted by Crippen LogP contribution is -2.21. The van der Waals surface area contributed by atoms with E-state index in [0.717, 1.165) is 46.3 Å². The van der Waals surface area contributed by atoms with Gasteiger partial charge >= 0.3 is 0 Å². The molecule has 1 saturated heterocycles. The predicted octanol–water partition coefficient (Wildman–Crippen LogP) is 3.65. The molecule has 1 aromatic carbocycles. The molecule has 1 fully saturated rings. The van der Waals surface area contributed by atoms with Gasteiger partial charge in [0.2, 0.25) is 0 Å². The maximum absolute atomic E-state index is 14.0. The number of pyridine rings is 1. The van der Waals surface area contributed by atoms with Gasteiger partial charge < -0.3 is 13.8 Å². The molecule has 7 heteroatoms. The minimum absolute atomic E-state index is 0.254. The standard InChI is InChI=1S/C19H17FN4O2/c20-12-1-2-16-15(9-12)19-17(11-21-16)22-18(10-13-3-8-26-23-13)24(19)14-4-6-25-7-5-14/h1-3,8-9,11,14H,4-7,10H2. The number of rotatable bonds is 3. The van der Waals surface area contributed by atoms with E-state index in [1.165, 1.54) is 6.07 Å². The van der Waals surface area contributed by atoms with E-state index in [2.05, 4.69) is 14.7 Å². The van der Waals surface area contributed by atoms with Crippen molar-refractivity contribution < 1.29 is 13.7 Å². The van der Waals surface area contributed by atoms with Gasteiger partial charge in [-0.25, -0.2) is 9.37 Å². The molecule has 132 valence electrons. The SMILES string of the molecule is Fc1ccc2ncc3nc(Cc4ccon4)n(C4CCOCC4)c3c2c1. The average Bonchev–Trinajstić information content (AvgIpc) is 3.30. The lowest BCUT2D eigenvalue weighted by Gasteiger charge is -2.26. The van der Waals surface area contributed by atoms with Crippen molar-refractivity contribution in [3.05, 3.63) is 54.1 Å². The summed E-state index contributed by atoms with van der Waals surface area (Å²) >= 11 is 0. The monoisotopic (exact) mass is 352 g/mol. The van der Waals surface area contributed by atoms with Gasteiger partial charge in [-0.1, -0.05) is 5.16 Å². The average molecular weight is 352 g/mol. The van der Waals surface area contributed by atoms with Crippen LogP contribution in [-0.2, 0) is 11.2 Å². The Morgan fingerprint density at radius 3 is 2.85 bits per heavy atom. The van der Waals surface area contributed by atoms with Gasteiger partial charge in [0.25, 0.3) is 0 Å². The number of ether oxygens (including phenoxy) is 1. The number of hydrogen-bond donors (Lipinski definition) is 0. The minimum atomic E-state index is -0.274. The number of aromatic nitrogens is 4. The van der Waals surface area contributed by atoms with Crippen LogP contribution in [0, 0.1) is 5.82 Å². The topological polar surface area (TPSA) is 66.0 Å². The van der Waals surface area contributed by atoms with Crippen molar-refractivity contribution in [2.75, 3.05) is 13.2 Å². The first kappa shape index (κ1) is 15.5. The summed E-state index contributed by atoms with van der Waals surface area (Å²) in [6.07, 6.45) is 5.67. The fourth-order valence-corrected chi connectivity index (χ4v) is 3.75. The van der Waals surface area contributed by atoms with Gasteiger partial charge in [0, 0.05) is 30.7 Å². The summed E-state index contributed by atoms with van der Waals surface area (Å²) in [7, 11) is 0. The van der Waals surface area contributed by atoms with Crippen molar-refractivity contribution in [3.8, 4) is 0 Å². The molecule has 0 bridgehead atoms. The van der Waals surface area contributed by atoms with Crippen molar-refractivity contribution in [1.82, 2.24) is 19.7 Å². The highest BCUT2D eigenvalue weighted by atomic mass is 19.1. The molecule has 0 aliphatic carbocycles. The molecule has 0 radical (unpaired) electrons. The molecule has 0 amide bonds. The first-order valence-electron chi connectivity index (χ1n) is 8.71. The predicted molar refractivity (Wildman–Crippen MR) is 93.4 cm³/mol. The lowest BCUT2D eigenvalue weighted by atomic mass is 10.1. The van der Waals surface area contributed by atoms with Gasteiger partial charge in [-0.2, -0.15) is 0 Å². The first-order chi connectivity index (χ1) is 12.8. The summed E-state index contributed by atoms with van der Waals surface area (Å²) < 4.78 is 26.7. The van der Waals surface area contributed by atoms with E-state index < -0.39 is 0 Å². The Balaban J connectivity index is 1.77. The van der Waals surface area contributed by atoms with Gasteiger partial charge in [0.15, 0.2) is 0 Å². The molecule has 6 nitrogen and oxygen atoms in total. The van der Waals surface area contributed by atoms with Gasteiger partial charge in [0.1, 0.15) is 23.4 Å². The summed E-state index contributed by atoms with van der Waals surface area (Å²) in [5, 5.41) is 4.80. The van der Waals surface area contributed by atoms with E-state index in [1.54, 1.807) is 24.6 Å². The molecule has 0 unspecified atom stereocenters. The Morgan fingerprint density at radius 1 is 1.15 bits per heavy atom. The second-order valence-corrected chi connectivity index (χ2v) is 6.56. The van der Waals surface area contributed by atoms with Crippen molar-refractivity contribution in [1.29, 1.82) is 0 Å². The molecular formula is C19H17FN4O2. The van der Waals surface area contributed by atoms with E-state index in [0.29, 0.717) is 19.6 Å². The quantitative estimate of drug-likeness (QED) is 0.563. The Labute approximate surface area is 148 Å². The summed E-state index contributed by atoms with van der Waals surface area (Å²) in [4.78, 5) is 9.24. The zero-order valence-corrected chi connectivity index (χ0v) is 14.1. The Hall–Kier alpha value is -2.80. The molecule has 3 aromatic heterocycles. The normalized spacial score (nSPS) is 15.9. The molecule has 0 N–H and O–H groups in total. The largest absolute Gasteiger partial charge is 0.381 e. The highest BCUT2D eigenvalue weighted by molar-refractivity contribution is 6.02. The molecule has 0 saturated carbocycles. The molecule has 1 aliphatic heterocycles. The Bertz CT molecular complexity index is 1070. The lowest BCUT2D eigenvalue weighted by molar-refractivity contribution is 0.0700. The molecule has 0 spiro atoms. The van der Waals surface area contributed by atoms with E-state index in [-0.39, 0.29) is 11.9 Å². The number of hydrogen-bond acceptors (Lipinski definition) is 5. The van der Waals surface area contributed by atoms with Crippen LogP contribution >= 0.6 is 0 Å². The zero-order chi connectivity index (χ0) is 17.5. The number of imidazole rings is 1. The van der Waals surface area contributed by atoms with Crippen LogP contribution in [0.3, 0.4) is 0 Å². The van der Waals surface area contributed by atoms with E-state index in [4.69, 9.17) is 14.2 Å². The highest BCUT2D eigenvalue weighted by Crippen LogP contribution is 2.32. The third kappa shape index (κ3) is 2.55. The van der Waals surface area contributed by atoms with Crippen molar-refractivity contribution >= 4 is 21.9 Å². The van der Waals surface area contributed by atoms with Crippen LogP contribution in [0.15, 0.2) is 41.2 Å². The smallest absolute Gasteiger partial charge is 0.124 e. The highest BCUT2D eigenvalue weighted by Gasteiger charge is 2.24. The second-order valence-electron chi connectivity index (χ2n) is 6.56. The molecule has 26 heavy (non-hydrogen) atoms. The maximum atomic E-state index is 14.0. The minimum Gasteiger partial charge on any atom is -0.381 e. The zero-order valence-electron chi connectivity index (χ0n) is 14.1. The van der Waals surface area contributed by atoms with E-state index in [1.807, 2.05) is 6.07 Å². The Kier molecular flexibility index (Phi) is 3.67. The molecule has 5 rings (SSSR count). The van der Waals surface area contributed by atoms with Crippen LogP contribution in [0.5, 0.6) is 0 Å². The van der Waals surface area contributed by atoms with Crippen LogP contribution < -0.4 is 0 Å². The molecular weight excluding hydrogens is 335 g/mol. The summed E-state index contributed by atoms with van der Waals surface area (Å²) in [6, 6.07) is 6.78. The van der Waals surface area contributed by atoms with Gasteiger partial charge in [-0.15, -0.1) is 0 Å². The van der Waals surface area contributed by atoms with Gasteiger partial charge in [-0.05, 0) is 31.0 Å². The summed E-state index contributed by atoms with van der Waals surface area (Å²) in [5.74, 6) is 0.615. The molecule has 1 aliphatic rings. The van der Waals surface area contributed by atoms with E-state index >= 15 is 0 Å². The van der Waals surface area contributed by atoms with Gasteiger partial charge in [-0.3, -0.25) is 4.98 Å². The van der Waals surface area contributed by atoms with Gasteiger partial charge in [0.05, 0.1) is 29.3 Å². The molecule has 4 heterocycles. The van der Waals surface area contributed by atoms with Crippen LogP contribution in [0.1, 0.15) is 30.4 Å². The van der Waals surface area contributed by atoms with Crippen LogP contribution in [0.2, 0.25) is 0 Å². The summed E-state index contributed by atoms with van der Waals surface area (Å²) in [5.41, 5.74) is 3.28. The van der Waals surface area contributed by atoms with Crippen molar-refractivity contribution in [2.24, 2.45) is 0 Å². The number of benzene rings is 1. The fourth-order valence-electron chi connectivity index (χ4n) is 3.75. The number of nitrogens with zero attached hydrogens (tertiary/aromatic N) is 4. The number of halogens is 1. The van der Waals surface area contributed by atoms with Crippen molar-refractivity contribution in [3.63, 3.8) is 0 Å². The summed E-state index contributed by atoms with van der Waals surface area (Å²) in [6.45, 7) is 1.43. The number of fused-ring (bicyclic) bond motifs is 3. The molecule has 0 atom stereocenters. The molecule has 4 aromatic rings.